The summed E-state index contributed by atoms with van der Waals surface area (Å²) in [6, 6.07) is 1.78. The maximum Gasteiger partial charge on any atom is 0.173 e. The van der Waals surface area contributed by atoms with E-state index >= 15 is 0 Å². The van der Waals surface area contributed by atoms with Crippen LogP contribution in [-0.2, 0) is 19.4 Å². The molecule has 104 valence electrons. The minimum atomic E-state index is -0.115. The SMILES string of the molecule is CCc1nn(CC)c(CC(N)c2ccoc2Br)c1Br. The third kappa shape index (κ3) is 2.95. The molecule has 19 heavy (non-hydrogen) atoms. The predicted octanol–water partition coefficient (Wildman–Crippen LogP) is 3.83. The van der Waals surface area contributed by atoms with Crippen LogP contribution >= 0.6 is 31.9 Å². The molecule has 0 aliphatic carbocycles. The van der Waals surface area contributed by atoms with Crippen molar-refractivity contribution in [2.75, 3.05) is 0 Å². The molecule has 0 saturated carbocycles. The van der Waals surface area contributed by atoms with Gasteiger partial charge in [-0.15, -0.1) is 0 Å². The Morgan fingerprint density at radius 2 is 2.16 bits per heavy atom. The lowest BCUT2D eigenvalue weighted by Gasteiger charge is -2.12. The van der Waals surface area contributed by atoms with Gasteiger partial charge in [-0.1, -0.05) is 6.92 Å². The summed E-state index contributed by atoms with van der Waals surface area (Å²) in [5.41, 5.74) is 9.46. The minimum absolute atomic E-state index is 0.115. The number of halogens is 2. The minimum Gasteiger partial charge on any atom is -0.457 e. The summed E-state index contributed by atoms with van der Waals surface area (Å²) in [5.74, 6) is 0. The van der Waals surface area contributed by atoms with Gasteiger partial charge in [0.05, 0.1) is 22.1 Å². The Labute approximate surface area is 129 Å². The summed E-state index contributed by atoms with van der Waals surface area (Å²) in [5, 5.41) is 4.58. The van der Waals surface area contributed by atoms with E-state index in [2.05, 4.69) is 50.8 Å². The Balaban J connectivity index is 2.28. The van der Waals surface area contributed by atoms with Gasteiger partial charge >= 0.3 is 0 Å². The Morgan fingerprint density at radius 1 is 1.42 bits per heavy atom. The van der Waals surface area contributed by atoms with Crippen molar-refractivity contribution in [3.8, 4) is 0 Å². The van der Waals surface area contributed by atoms with Gasteiger partial charge in [0.2, 0.25) is 0 Å². The van der Waals surface area contributed by atoms with E-state index < -0.39 is 0 Å². The molecule has 2 rings (SSSR count). The molecule has 2 N–H and O–H groups in total. The molecule has 0 radical (unpaired) electrons. The predicted molar refractivity (Wildman–Crippen MR) is 82.0 cm³/mol. The highest BCUT2D eigenvalue weighted by Crippen LogP contribution is 2.29. The summed E-state index contributed by atoms with van der Waals surface area (Å²) in [6.45, 7) is 5.03. The summed E-state index contributed by atoms with van der Waals surface area (Å²) in [6.07, 6.45) is 3.27. The summed E-state index contributed by atoms with van der Waals surface area (Å²) in [7, 11) is 0. The number of aromatic nitrogens is 2. The number of hydrogen-bond acceptors (Lipinski definition) is 3. The summed E-state index contributed by atoms with van der Waals surface area (Å²) >= 11 is 7.01. The largest absolute Gasteiger partial charge is 0.457 e. The van der Waals surface area contributed by atoms with E-state index in [0.29, 0.717) is 4.67 Å². The average molecular weight is 391 g/mol. The fourth-order valence-corrected chi connectivity index (χ4v) is 3.36. The van der Waals surface area contributed by atoms with Crippen molar-refractivity contribution in [3.05, 3.63) is 38.4 Å². The molecule has 4 nitrogen and oxygen atoms in total. The van der Waals surface area contributed by atoms with Crippen LogP contribution in [0.25, 0.3) is 0 Å². The molecule has 2 aromatic rings. The van der Waals surface area contributed by atoms with E-state index in [4.69, 9.17) is 10.2 Å². The maximum atomic E-state index is 6.26. The monoisotopic (exact) mass is 389 g/mol. The van der Waals surface area contributed by atoms with Crippen molar-refractivity contribution in [1.82, 2.24) is 9.78 Å². The van der Waals surface area contributed by atoms with Gasteiger partial charge in [0, 0.05) is 24.6 Å². The van der Waals surface area contributed by atoms with Gasteiger partial charge in [0.25, 0.3) is 0 Å². The summed E-state index contributed by atoms with van der Waals surface area (Å²) < 4.78 is 9.03. The molecular formula is C13H17Br2N3O. The summed E-state index contributed by atoms with van der Waals surface area (Å²) in [4.78, 5) is 0. The van der Waals surface area contributed by atoms with E-state index in [0.717, 1.165) is 40.8 Å². The third-order valence-electron chi connectivity index (χ3n) is 3.15. The molecule has 1 unspecified atom stereocenters. The Morgan fingerprint density at radius 3 is 2.68 bits per heavy atom. The van der Waals surface area contributed by atoms with Crippen molar-refractivity contribution >= 4 is 31.9 Å². The van der Waals surface area contributed by atoms with Gasteiger partial charge in [-0.25, -0.2) is 0 Å². The van der Waals surface area contributed by atoms with Crippen LogP contribution in [0.2, 0.25) is 0 Å². The molecule has 0 aliphatic rings. The molecule has 6 heteroatoms. The normalized spacial score (nSPS) is 12.9. The van der Waals surface area contributed by atoms with Crippen LogP contribution < -0.4 is 5.73 Å². The first kappa shape index (κ1) is 14.8. The average Bonchev–Trinajstić information content (AvgIpc) is 2.95. The lowest BCUT2D eigenvalue weighted by Crippen LogP contribution is -2.16. The molecular weight excluding hydrogens is 374 g/mol. The molecule has 0 saturated heterocycles. The second-order valence-corrected chi connectivity index (χ2v) is 5.85. The topological polar surface area (TPSA) is 57.0 Å². The number of nitrogens with two attached hydrogens (primary N) is 1. The van der Waals surface area contributed by atoms with Gasteiger partial charge in [0.15, 0.2) is 4.67 Å². The molecule has 0 spiro atoms. The van der Waals surface area contributed by atoms with Crippen molar-refractivity contribution in [3.63, 3.8) is 0 Å². The van der Waals surface area contributed by atoms with Crippen LogP contribution in [0, 0.1) is 0 Å². The van der Waals surface area contributed by atoms with Crippen molar-refractivity contribution < 1.29 is 4.42 Å². The van der Waals surface area contributed by atoms with Crippen molar-refractivity contribution in [2.24, 2.45) is 5.73 Å². The Kier molecular flexibility index (Phi) is 4.86. The van der Waals surface area contributed by atoms with Gasteiger partial charge in [-0.05, 0) is 51.3 Å². The molecule has 2 aromatic heterocycles. The smallest absolute Gasteiger partial charge is 0.173 e. The van der Waals surface area contributed by atoms with Gasteiger partial charge in [-0.2, -0.15) is 5.10 Å². The van der Waals surface area contributed by atoms with Crippen molar-refractivity contribution in [2.45, 2.75) is 39.3 Å². The Bertz CT molecular complexity index is 562. The molecule has 0 fully saturated rings. The van der Waals surface area contributed by atoms with E-state index in [-0.39, 0.29) is 6.04 Å². The second kappa shape index (κ2) is 6.24. The van der Waals surface area contributed by atoms with E-state index in [1.165, 1.54) is 0 Å². The van der Waals surface area contributed by atoms with Gasteiger partial charge in [0.1, 0.15) is 0 Å². The van der Waals surface area contributed by atoms with Crippen LogP contribution in [0.1, 0.15) is 36.8 Å². The molecule has 1 atom stereocenters. The fraction of sp³-hybridized carbons (Fsp3) is 0.462. The number of nitrogens with zero attached hydrogens (tertiary/aromatic N) is 2. The number of hydrogen-bond donors (Lipinski definition) is 1. The zero-order valence-electron chi connectivity index (χ0n) is 11.0. The quantitative estimate of drug-likeness (QED) is 0.843. The zero-order valence-corrected chi connectivity index (χ0v) is 14.2. The van der Waals surface area contributed by atoms with E-state index in [1.807, 2.05) is 10.7 Å². The number of furan rings is 1. The standard InChI is InChI=1S/C13H17Br2N3O/c1-3-10-12(14)11(18(4-2)17-10)7-9(16)8-5-6-19-13(8)15/h5-6,9H,3-4,7,16H2,1-2H3. The first-order chi connectivity index (χ1) is 9.08. The highest BCUT2D eigenvalue weighted by molar-refractivity contribution is 9.10. The van der Waals surface area contributed by atoms with Crippen LogP contribution in [-0.4, -0.2) is 9.78 Å². The van der Waals surface area contributed by atoms with E-state index in [1.54, 1.807) is 6.26 Å². The van der Waals surface area contributed by atoms with Crippen LogP contribution in [0.3, 0.4) is 0 Å². The van der Waals surface area contributed by atoms with Crippen LogP contribution in [0.15, 0.2) is 25.9 Å². The Hall–Kier alpha value is -0.590. The first-order valence-corrected chi connectivity index (χ1v) is 7.89. The highest BCUT2D eigenvalue weighted by atomic mass is 79.9. The lowest BCUT2D eigenvalue weighted by molar-refractivity contribution is 0.527. The van der Waals surface area contributed by atoms with Gasteiger partial charge in [-0.3, -0.25) is 4.68 Å². The second-order valence-electron chi connectivity index (χ2n) is 4.34. The highest BCUT2D eigenvalue weighted by Gasteiger charge is 2.19. The molecule has 0 amide bonds. The number of rotatable bonds is 5. The van der Waals surface area contributed by atoms with Crippen LogP contribution in [0.4, 0.5) is 0 Å². The van der Waals surface area contributed by atoms with E-state index in [9.17, 15) is 0 Å². The lowest BCUT2D eigenvalue weighted by atomic mass is 10.1. The first-order valence-electron chi connectivity index (χ1n) is 6.30. The molecule has 0 aliphatic heterocycles. The molecule has 0 aromatic carbocycles. The molecule has 2 heterocycles. The zero-order chi connectivity index (χ0) is 14.0. The number of aryl methyl sites for hydroxylation is 2. The van der Waals surface area contributed by atoms with Gasteiger partial charge < -0.3 is 10.2 Å². The third-order valence-corrected chi connectivity index (χ3v) is 4.71. The molecule has 0 bridgehead atoms. The van der Waals surface area contributed by atoms with Crippen molar-refractivity contribution in [1.29, 1.82) is 0 Å². The fourth-order valence-electron chi connectivity index (χ4n) is 2.10. The maximum absolute atomic E-state index is 6.26. The van der Waals surface area contributed by atoms with Crippen LogP contribution in [0.5, 0.6) is 0 Å².